The van der Waals surface area contributed by atoms with Gasteiger partial charge in [-0.2, -0.15) is 0 Å². The van der Waals surface area contributed by atoms with E-state index in [0.717, 1.165) is 5.82 Å². The molecule has 0 bridgehead atoms. The summed E-state index contributed by atoms with van der Waals surface area (Å²) in [6.45, 7) is 4.53. The normalized spacial score (nSPS) is 12.4. The van der Waals surface area contributed by atoms with Crippen molar-refractivity contribution in [1.82, 2.24) is 4.98 Å². The van der Waals surface area contributed by atoms with Crippen LogP contribution in [0.25, 0.3) is 0 Å². The monoisotopic (exact) mass is 220 g/mol. The van der Waals surface area contributed by atoms with E-state index < -0.39 is 0 Å². The van der Waals surface area contributed by atoms with Gasteiger partial charge in [0, 0.05) is 19.3 Å². The second kappa shape index (κ2) is 7.26. The maximum Gasteiger partial charge on any atom is 0.128 e. The molecule has 90 valence electrons. The van der Waals surface area contributed by atoms with E-state index in [1.165, 1.54) is 32.1 Å². The number of unbranched alkanes of at least 4 members (excludes halogenated alkanes) is 3. The summed E-state index contributed by atoms with van der Waals surface area (Å²) in [7, 11) is 2.13. The molecule has 0 aliphatic heterocycles. The van der Waals surface area contributed by atoms with E-state index in [1.54, 1.807) is 0 Å². The summed E-state index contributed by atoms with van der Waals surface area (Å²) in [6, 6.07) is 6.65. The molecule has 1 heterocycles. The molecule has 0 saturated carbocycles. The van der Waals surface area contributed by atoms with Crippen molar-refractivity contribution in [2.45, 2.75) is 52.0 Å². The first-order valence-electron chi connectivity index (χ1n) is 6.39. The molecule has 0 radical (unpaired) electrons. The number of nitrogens with zero attached hydrogens (tertiary/aromatic N) is 2. The topological polar surface area (TPSA) is 16.1 Å². The van der Waals surface area contributed by atoms with Crippen LogP contribution in [-0.2, 0) is 0 Å². The Hall–Kier alpha value is -1.05. The zero-order chi connectivity index (χ0) is 11.8. The lowest BCUT2D eigenvalue weighted by atomic mass is 10.1. The maximum absolute atomic E-state index is 4.37. The maximum atomic E-state index is 4.37. The molecule has 0 saturated heterocycles. The Bertz CT molecular complexity index is 271. The molecule has 1 aromatic rings. The minimum absolute atomic E-state index is 0.576. The standard InChI is InChI=1S/C14H24N2/c1-4-5-6-7-10-13(2)16(3)14-11-8-9-12-15-14/h8-9,11-13H,4-7,10H2,1-3H3. The number of rotatable bonds is 7. The molecule has 1 unspecified atom stereocenters. The number of aromatic nitrogens is 1. The van der Waals surface area contributed by atoms with Gasteiger partial charge in [-0.15, -0.1) is 0 Å². The minimum Gasteiger partial charge on any atom is -0.357 e. The summed E-state index contributed by atoms with van der Waals surface area (Å²) in [5, 5.41) is 0. The van der Waals surface area contributed by atoms with Gasteiger partial charge in [0.1, 0.15) is 5.82 Å². The molecule has 1 atom stereocenters. The second-order valence-corrected chi connectivity index (χ2v) is 4.50. The van der Waals surface area contributed by atoms with Crippen molar-refractivity contribution in [3.63, 3.8) is 0 Å². The average molecular weight is 220 g/mol. The van der Waals surface area contributed by atoms with E-state index >= 15 is 0 Å². The lowest BCUT2D eigenvalue weighted by molar-refractivity contribution is 0.554. The highest BCUT2D eigenvalue weighted by Gasteiger charge is 2.09. The molecular weight excluding hydrogens is 196 g/mol. The molecule has 0 amide bonds. The quantitative estimate of drug-likeness (QED) is 0.648. The molecule has 0 spiro atoms. The van der Waals surface area contributed by atoms with Crippen LogP contribution in [-0.4, -0.2) is 18.1 Å². The molecule has 16 heavy (non-hydrogen) atoms. The van der Waals surface area contributed by atoms with Crippen LogP contribution < -0.4 is 4.90 Å². The van der Waals surface area contributed by atoms with Crippen LogP contribution in [0.4, 0.5) is 5.82 Å². The van der Waals surface area contributed by atoms with Gasteiger partial charge in [-0.1, -0.05) is 38.7 Å². The van der Waals surface area contributed by atoms with E-state index in [9.17, 15) is 0 Å². The van der Waals surface area contributed by atoms with Crippen molar-refractivity contribution in [2.24, 2.45) is 0 Å². The predicted octanol–water partition coefficient (Wildman–Crippen LogP) is 3.88. The molecule has 1 rings (SSSR count). The van der Waals surface area contributed by atoms with Crippen LogP contribution in [0.2, 0.25) is 0 Å². The Morgan fingerprint density at radius 3 is 2.69 bits per heavy atom. The Kier molecular flexibility index (Phi) is 5.91. The van der Waals surface area contributed by atoms with Gasteiger partial charge in [0.25, 0.3) is 0 Å². The van der Waals surface area contributed by atoms with Crippen LogP contribution >= 0.6 is 0 Å². The molecule has 2 heteroatoms. The first kappa shape index (κ1) is 13.0. The highest BCUT2D eigenvalue weighted by Crippen LogP contribution is 2.15. The number of hydrogen-bond acceptors (Lipinski definition) is 2. The van der Waals surface area contributed by atoms with Crippen LogP contribution in [0.15, 0.2) is 24.4 Å². The van der Waals surface area contributed by atoms with Crippen LogP contribution in [0.3, 0.4) is 0 Å². The van der Waals surface area contributed by atoms with Gasteiger partial charge >= 0.3 is 0 Å². The van der Waals surface area contributed by atoms with Gasteiger partial charge in [-0.3, -0.25) is 0 Å². The SMILES string of the molecule is CCCCCCC(C)N(C)c1ccccn1. The Balaban J connectivity index is 2.33. The van der Waals surface area contributed by atoms with Gasteiger partial charge in [0.2, 0.25) is 0 Å². The van der Waals surface area contributed by atoms with E-state index in [1.807, 2.05) is 18.3 Å². The van der Waals surface area contributed by atoms with Crippen molar-refractivity contribution in [1.29, 1.82) is 0 Å². The third-order valence-electron chi connectivity index (χ3n) is 3.15. The lowest BCUT2D eigenvalue weighted by Gasteiger charge is -2.25. The van der Waals surface area contributed by atoms with E-state index in [2.05, 4.69) is 36.8 Å². The fourth-order valence-corrected chi connectivity index (χ4v) is 1.85. The fraction of sp³-hybridized carbons (Fsp3) is 0.643. The van der Waals surface area contributed by atoms with Crippen LogP contribution in [0, 0.1) is 0 Å². The molecule has 2 nitrogen and oxygen atoms in total. The van der Waals surface area contributed by atoms with Gasteiger partial charge in [0.15, 0.2) is 0 Å². The predicted molar refractivity (Wildman–Crippen MR) is 70.9 cm³/mol. The fourth-order valence-electron chi connectivity index (χ4n) is 1.85. The van der Waals surface area contributed by atoms with Gasteiger partial charge in [0.05, 0.1) is 0 Å². The molecule has 0 fully saturated rings. The van der Waals surface area contributed by atoms with Crippen LogP contribution in [0.1, 0.15) is 46.0 Å². The Labute approximate surface area is 99.7 Å². The number of pyridine rings is 1. The average Bonchev–Trinajstić information content (AvgIpc) is 2.34. The molecule has 0 N–H and O–H groups in total. The highest BCUT2D eigenvalue weighted by molar-refractivity contribution is 5.37. The summed E-state index contributed by atoms with van der Waals surface area (Å²) in [6.07, 6.45) is 8.47. The summed E-state index contributed by atoms with van der Waals surface area (Å²) in [5.41, 5.74) is 0. The molecule has 1 aromatic heterocycles. The third-order valence-corrected chi connectivity index (χ3v) is 3.15. The zero-order valence-corrected chi connectivity index (χ0v) is 10.8. The summed E-state index contributed by atoms with van der Waals surface area (Å²) < 4.78 is 0. The smallest absolute Gasteiger partial charge is 0.128 e. The van der Waals surface area contributed by atoms with Crippen molar-refractivity contribution in [2.75, 3.05) is 11.9 Å². The summed E-state index contributed by atoms with van der Waals surface area (Å²) >= 11 is 0. The molecule has 0 aliphatic carbocycles. The third kappa shape index (κ3) is 4.21. The van der Waals surface area contributed by atoms with Crippen molar-refractivity contribution in [3.05, 3.63) is 24.4 Å². The molecular formula is C14H24N2. The first-order valence-corrected chi connectivity index (χ1v) is 6.39. The van der Waals surface area contributed by atoms with Crippen molar-refractivity contribution >= 4 is 5.82 Å². The largest absolute Gasteiger partial charge is 0.357 e. The van der Waals surface area contributed by atoms with Gasteiger partial charge in [-0.05, 0) is 25.5 Å². The van der Waals surface area contributed by atoms with E-state index in [-0.39, 0.29) is 0 Å². The second-order valence-electron chi connectivity index (χ2n) is 4.50. The molecule has 0 aromatic carbocycles. The van der Waals surface area contributed by atoms with Gasteiger partial charge in [-0.25, -0.2) is 4.98 Å². The van der Waals surface area contributed by atoms with E-state index in [4.69, 9.17) is 0 Å². The van der Waals surface area contributed by atoms with Gasteiger partial charge < -0.3 is 4.90 Å². The zero-order valence-electron chi connectivity index (χ0n) is 10.8. The first-order chi connectivity index (χ1) is 7.75. The molecule has 0 aliphatic rings. The Morgan fingerprint density at radius 1 is 1.25 bits per heavy atom. The van der Waals surface area contributed by atoms with E-state index in [0.29, 0.717) is 6.04 Å². The summed E-state index contributed by atoms with van der Waals surface area (Å²) in [5.74, 6) is 1.07. The van der Waals surface area contributed by atoms with Crippen molar-refractivity contribution < 1.29 is 0 Å². The Morgan fingerprint density at radius 2 is 2.06 bits per heavy atom. The highest BCUT2D eigenvalue weighted by atomic mass is 15.2. The lowest BCUT2D eigenvalue weighted by Crippen LogP contribution is -2.29. The minimum atomic E-state index is 0.576. The van der Waals surface area contributed by atoms with Crippen LogP contribution in [0.5, 0.6) is 0 Å². The summed E-state index contributed by atoms with van der Waals surface area (Å²) in [4.78, 5) is 6.64. The number of hydrogen-bond donors (Lipinski definition) is 0. The van der Waals surface area contributed by atoms with Crippen molar-refractivity contribution in [3.8, 4) is 0 Å². The number of anilines is 1.